The third-order valence-electron chi connectivity index (χ3n) is 4.10. The number of fused-ring (bicyclic) bond motifs is 1. The Bertz CT molecular complexity index is 993. The SMILES string of the molecule is Cc1nn(C)c(C)c1Cc1nc(-c2cnc3ccccn23)no1. The van der Waals surface area contributed by atoms with Crippen molar-refractivity contribution in [2.75, 3.05) is 0 Å². The highest BCUT2D eigenvalue weighted by molar-refractivity contribution is 5.56. The molecule has 0 atom stereocenters. The van der Waals surface area contributed by atoms with Gasteiger partial charge in [-0.05, 0) is 26.0 Å². The Labute approximate surface area is 132 Å². The van der Waals surface area contributed by atoms with Crippen LogP contribution in [-0.2, 0) is 13.5 Å². The van der Waals surface area contributed by atoms with Crippen molar-refractivity contribution in [3.63, 3.8) is 0 Å². The van der Waals surface area contributed by atoms with Crippen LogP contribution in [0.25, 0.3) is 17.2 Å². The minimum atomic E-state index is 0.540. The van der Waals surface area contributed by atoms with Gasteiger partial charge in [0, 0.05) is 24.5 Å². The molecule has 0 bridgehead atoms. The molecule has 0 aliphatic rings. The molecule has 116 valence electrons. The lowest BCUT2D eigenvalue weighted by atomic mass is 10.1. The molecule has 4 rings (SSSR count). The summed E-state index contributed by atoms with van der Waals surface area (Å²) in [7, 11) is 1.93. The zero-order valence-electron chi connectivity index (χ0n) is 13.2. The molecule has 0 saturated carbocycles. The van der Waals surface area contributed by atoms with Gasteiger partial charge < -0.3 is 4.52 Å². The second-order valence-corrected chi connectivity index (χ2v) is 5.53. The van der Waals surface area contributed by atoms with Gasteiger partial charge in [0.15, 0.2) is 0 Å². The highest BCUT2D eigenvalue weighted by Gasteiger charge is 2.16. The van der Waals surface area contributed by atoms with Gasteiger partial charge in [0.1, 0.15) is 11.3 Å². The highest BCUT2D eigenvalue weighted by Crippen LogP contribution is 2.20. The fourth-order valence-electron chi connectivity index (χ4n) is 2.75. The van der Waals surface area contributed by atoms with Crippen LogP contribution in [0, 0.1) is 13.8 Å². The van der Waals surface area contributed by atoms with Crippen molar-refractivity contribution in [2.45, 2.75) is 20.3 Å². The van der Waals surface area contributed by atoms with E-state index in [2.05, 4.69) is 20.2 Å². The maximum absolute atomic E-state index is 5.42. The Morgan fingerprint density at radius 3 is 2.87 bits per heavy atom. The van der Waals surface area contributed by atoms with Gasteiger partial charge in [-0.3, -0.25) is 9.08 Å². The molecule has 0 N–H and O–H groups in total. The van der Waals surface area contributed by atoms with Crippen LogP contribution in [0.15, 0.2) is 35.1 Å². The summed E-state index contributed by atoms with van der Waals surface area (Å²) in [6.07, 6.45) is 4.27. The van der Waals surface area contributed by atoms with Crippen molar-refractivity contribution in [1.29, 1.82) is 0 Å². The number of hydrogen-bond acceptors (Lipinski definition) is 5. The Kier molecular flexibility index (Phi) is 3.00. The van der Waals surface area contributed by atoms with Crippen LogP contribution in [0.4, 0.5) is 0 Å². The molecule has 4 heterocycles. The summed E-state index contributed by atoms with van der Waals surface area (Å²) < 4.78 is 9.23. The maximum atomic E-state index is 5.42. The first-order chi connectivity index (χ1) is 11.1. The number of imidazole rings is 1. The van der Waals surface area contributed by atoms with Gasteiger partial charge in [-0.15, -0.1) is 0 Å². The number of aryl methyl sites for hydroxylation is 2. The predicted molar refractivity (Wildman–Crippen MR) is 84.0 cm³/mol. The minimum absolute atomic E-state index is 0.540. The van der Waals surface area contributed by atoms with Crippen molar-refractivity contribution in [3.05, 3.63) is 53.4 Å². The number of aromatic nitrogens is 6. The van der Waals surface area contributed by atoms with Gasteiger partial charge in [0.2, 0.25) is 11.7 Å². The number of rotatable bonds is 3. The Balaban J connectivity index is 1.69. The molecule has 0 fully saturated rings. The molecule has 0 saturated heterocycles. The third kappa shape index (κ3) is 2.21. The van der Waals surface area contributed by atoms with Crippen molar-refractivity contribution >= 4 is 5.65 Å². The van der Waals surface area contributed by atoms with Crippen molar-refractivity contribution in [2.24, 2.45) is 7.05 Å². The molecular weight excluding hydrogens is 292 g/mol. The van der Waals surface area contributed by atoms with Crippen LogP contribution in [-0.4, -0.2) is 29.3 Å². The fourth-order valence-corrected chi connectivity index (χ4v) is 2.75. The molecule has 0 spiro atoms. The van der Waals surface area contributed by atoms with Gasteiger partial charge in [-0.2, -0.15) is 10.1 Å². The minimum Gasteiger partial charge on any atom is -0.339 e. The molecule has 0 aliphatic carbocycles. The second kappa shape index (κ2) is 5.05. The van der Waals surface area contributed by atoms with E-state index < -0.39 is 0 Å². The lowest BCUT2D eigenvalue weighted by Gasteiger charge is -1.97. The standard InChI is InChI=1S/C16H16N6O/c1-10-12(11(2)21(3)19-10)8-15-18-16(20-23-15)13-9-17-14-6-4-5-7-22(13)14/h4-7,9H,8H2,1-3H3. The molecule has 0 aromatic carbocycles. The summed E-state index contributed by atoms with van der Waals surface area (Å²) in [6.45, 7) is 4.03. The lowest BCUT2D eigenvalue weighted by Crippen LogP contribution is -1.95. The van der Waals surface area contributed by atoms with Crippen molar-refractivity contribution in [3.8, 4) is 11.5 Å². The second-order valence-electron chi connectivity index (χ2n) is 5.53. The van der Waals surface area contributed by atoms with Crippen LogP contribution in [0.2, 0.25) is 0 Å². The molecule has 0 aliphatic heterocycles. The lowest BCUT2D eigenvalue weighted by molar-refractivity contribution is 0.385. The van der Waals surface area contributed by atoms with Gasteiger partial charge in [-0.1, -0.05) is 11.2 Å². The van der Waals surface area contributed by atoms with Crippen LogP contribution >= 0.6 is 0 Å². The Hall–Kier alpha value is -2.96. The number of pyridine rings is 1. The van der Waals surface area contributed by atoms with Crippen LogP contribution < -0.4 is 0 Å². The Morgan fingerprint density at radius 1 is 1.22 bits per heavy atom. The third-order valence-corrected chi connectivity index (χ3v) is 4.10. The molecule has 4 aromatic rings. The number of hydrogen-bond donors (Lipinski definition) is 0. The fraction of sp³-hybridized carbons (Fsp3) is 0.250. The van der Waals surface area contributed by atoms with E-state index in [9.17, 15) is 0 Å². The zero-order chi connectivity index (χ0) is 16.0. The first kappa shape index (κ1) is 13.7. The number of nitrogens with zero attached hydrogens (tertiary/aromatic N) is 6. The summed E-state index contributed by atoms with van der Waals surface area (Å²) in [6, 6.07) is 5.83. The quantitative estimate of drug-likeness (QED) is 0.580. The van der Waals surface area contributed by atoms with E-state index in [1.165, 1.54) is 0 Å². The molecule has 4 aromatic heterocycles. The summed E-state index contributed by atoms with van der Waals surface area (Å²) in [5, 5.41) is 8.51. The van der Waals surface area contributed by atoms with E-state index >= 15 is 0 Å². The summed E-state index contributed by atoms with van der Waals surface area (Å²) >= 11 is 0. The molecular formula is C16H16N6O. The summed E-state index contributed by atoms with van der Waals surface area (Å²) in [5.41, 5.74) is 4.89. The summed E-state index contributed by atoms with van der Waals surface area (Å²) in [5.74, 6) is 1.11. The zero-order valence-corrected chi connectivity index (χ0v) is 13.2. The average molecular weight is 308 g/mol. The topological polar surface area (TPSA) is 74.0 Å². The van der Waals surface area contributed by atoms with Crippen LogP contribution in [0.3, 0.4) is 0 Å². The monoisotopic (exact) mass is 308 g/mol. The maximum Gasteiger partial charge on any atom is 0.231 e. The normalized spacial score (nSPS) is 11.4. The summed E-state index contributed by atoms with van der Waals surface area (Å²) in [4.78, 5) is 8.86. The van der Waals surface area contributed by atoms with E-state index in [1.807, 2.05) is 54.4 Å². The first-order valence-corrected chi connectivity index (χ1v) is 7.37. The largest absolute Gasteiger partial charge is 0.339 e. The molecule has 7 nitrogen and oxygen atoms in total. The van der Waals surface area contributed by atoms with E-state index in [-0.39, 0.29) is 0 Å². The van der Waals surface area contributed by atoms with E-state index in [1.54, 1.807) is 6.20 Å². The van der Waals surface area contributed by atoms with E-state index in [0.29, 0.717) is 18.1 Å². The predicted octanol–water partition coefficient (Wildman–Crippen LogP) is 2.33. The highest BCUT2D eigenvalue weighted by atomic mass is 16.5. The average Bonchev–Trinajstić information content (AvgIpc) is 3.22. The van der Waals surface area contributed by atoms with Gasteiger partial charge in [0.25, 0.3) is 0 Å². The molecule has 7 heteroatoms. The van der Waals surface area contributed by atoms with Gasteiger partial charge in [0.05, 0.1) is 18.3 Å². The van der Waals surface area contributed by atoms with E-state index in [0.717, 1.165) is 28.3 Å². The smallest absolute Gasteiger partial charge is 0.231 e. The molecule has 23 heavy (non-hydrogen) atoms. The van der Waals surface area contributed by atoms with Crippen molar-refractivity contribution < 1.29 is 4.52 Å². The van der Waals surface area contributed by atoms with Crippen LogP contribution in [0.5, 0.6) is 0 Å². The molecule has 0 unspecified atom stereocenters. The van der Waals surface area contributed by atoms with Gasteiger partial charge in [-0.25, -0.2) is 4.98 Å². The first-order valence-electron chi connectivity index (χ1n) is 7.37. The van der Waals surface area contributed by atoms with Crippen LogP contribution in [0.1, 0.15) is 22.8 Å². The van der Waals surface area contributed by atoms with Gasteiger partial charge >= 0.3 is 0 Å². The Morgan fingerprint density at radius 2 is 2.09 bits per heavy atom. The van der Waals surface area contributed by atoms with Crippen molar-refractivity contribution in [1.82, 2.24) is 29.3 Å². The molecule has 0 radical (unpaired) electrons. The van der Waals surface area contributed by atoms with E-state index in [4.69, 9.17) is 4.52 Å². The molecule has 0 amide bonds.